The Balaban J connectivity index is 1.75. The van der Waals surface area contributed by atoms with Crippen LogP contribution >= 0.6 is 11.6 Å². The monoisotopic (exact) mass is 303 g/mol. The van der Waals surface area contributed by atoms with Gasteiger partial charge in [-0.25, -0.2) is 0 Å². The van der Waals surface area contributed by atoms with E-state index in [9.17, 15) is 4.79 Å². The Bertz CT molecular complexity index is 652. The molecule has 3 rings (SSSR count). The van der Waals surface area contributed by atoms with Crippen LogP contribution in [0.15, 0.2) is 36.7 Å². The summed E-state index contributed by atoms with van der Waals surface area (Å²) in [6.07, 6.45) is 5.30. The van der Waals surface area contributed by atoms with Gasteiger partial charge in [-0.3, -0.25) is 9.48 Å². The van der Waals surface area contributed by atoms with Crippen molar-refractivity contribution in [2.45, 2.75) is 32.4 Å². The molecular formula is C16H18ClN3O. The second-order valence-corrected chi connectivity index (χ2v) is 5.95. The topological polar surface area (TPSA) is 38.1 Å². The van der Waals surface area contributed by atoms with Crippen molar-refractivity contribution in [1.82, 2.24) is 14.7 Å². The molecule has 0 saturated carbocycles. The van der Waals surface area contributed by atoms with Crippen molar-refractivity contribution < 1.29 is 4.79 Å². The van der Waals surface area contributed by atoms with Crippen LogP contribution < -0.4 is 0 Å². The van der Waals surface area contributed by atoms with Gasteiger partial charge >= 0.3 is 0 Å². The van der Waals surface area contributed by atoms with Crippen LogP contribution in [0.4, 0.5) is 0 Å². The first-order valence-corrected chi connectivity index (χ1v) is 7.55. The minimum atomic E-state index is 0.0961. The molecule has 1 fully saturated rings. The summed E-state index contributed by atoms with van der Waals surface area (Å²) in [7, 11) is 0. The highest BCUT2D eigenvalue weighted by Crippen LogP contribution is 2.32. The van der Waals surface area contributed by atoms with Crippen LogP contribution in [-0.2, 0) is 11.3 Å². The van der Waals surface area contributed by atoms with Gasteiger partial charge in [-0.05, 0) is 25.3 Å². The number of carbonyl (C=O) groups is 1. The molecule has 21 heavy (non-hydrogen) atoms. The summed E-state index contributed by atoms with van der Waals surface area (Å²) < 4.78 is 1.59. The van der Waals surface area contributed by atoms with Crippen molar-refractivity contribution in [2.24, 2.45) is 0 Å². The summed E-state index contributed by atoms with van der Waals surface area (Å²) in [6.45, 7) is 3.14. The van der Waals surface area contributed by atoms with Crippen LogP contribution in [0.1, 0.15) is 30.0 Å². The molecule has 1 aliphatic heterocycles. The Morgan fingerprint density at radius 2 is 2.33 bits per heavy atom. The average Bonchev–Trinajstić information content (AvgIpc) is 3.07. The molecule has 1 amide bonds. The van der Waals surface area contributed by atoms with Crippen molar-refractivity contribution in [3.05, 3.63) is 52.8 Å². The van der Waals surface area contributed by atoms with Crippen molar-refractivity contribution in [3.63, 3.8) is 0 Å². The van der Waals surface area contributed by atoms with E-state index in [4.69, 9.17) is 11.6 Å². The second-order valence-electron chi connectivity index (χ2n) is 5.52. The van der Waals surface area contributed by atoms with E-state index in [1.165, 1.54) is 11.1 Å². The van der Waals surface area contributed by atoms with Gasteiger partial charge in [-0.1, -0.05) is 41.4 Å². The third-order valence-electron chi connectivity index (χ3n) is 3.90. The molecule has 110 valence electrons. The predicted octanol–water partition coefficient (Wildman–Crippen LogP) is 3.21. The van der Waals surface area contributed by atoms with Gasteiger partial charge in [0.1, 0.15) is 6.54 Å². The zero-order valence-electron chi connectivity index (χ0n) is 12.0. The smallest absolute Gasteiger partial charge is 0.244 e. The number of carbonyl (C=O) groups excluding carboxylic acids is 1. The summed E-state index contributed by atoms with van der Waals surface area (Å²) in [5.41, 5.74) is 2.45. The number of likely N-dealkylation sites (tertiary alicyclic amines) is 1. The quantitative estimate of drug-likeness (QED) is 0.873. The molecular weight excluding hydrogens is 286 g/mol. The van der Waals surface area contributed by atoms with E-state index >= 15 is 0 Å². The number of aryl methyl sites for hydroxylation is 1. The highest BCUT2D eigenvalue weighted by Gasteiger charge is 2.29. The third-order valence-corrected chi connectivity index (χ3v) is 4.09. The average molecular weight is 304 g/mol. The minimum Gasteiger partial charge on any atom is -0.334 e. The molecule has 1 aliphatic rings. The molecule has 0 N–H and O–H groups in total. The lowest BCUT2D eigenvalue weighted by atomic mass is 10.0. The van der Waals surface area contributed by atoms with Crippen molar-refractivity contribution in [2.75, 3.05) is 6.54 Å². The number of nitrogens with zero attached hydrogens (tertiary/aromatic N) is 3. The van der Waals surface area contributed by atoms with Gasteiger partial charge in [-0.2, -0.15) is 5.10 Å². The molecule has 2 aromatic rings. The van der Waals surface area contributed by atoms with Crippen molar-refractivity contribution >= 4 is 17.5 Å². The number of hydrogen-bond acceptors (Lipinski definition) is 2. The van der Waals surface area contributed by atoms with Crippen LogP contribution in [0.25, 0.3) is 0 Å². The lowest BCUT2D eigenvalue weighted by molar-refractivity contribution is -0.133. The highest BCUT2D eigenvalue weighted by molar-refractivity contribution is 6.30. The number of rotatable bonds is 3. The first-order valence-electron chi connectivity index (χ1n) is 7.17. The van der Waals surface area contributed by atoms with Gasteiger partial charge in [0.15, 0.2) is 0 Å². The molecule has 0 aliphatic carbocycles. The Labute approximate surface area is 129 Å². The molecule has 1 aromatic heterocycles. The van der Waals surface area contributed by atoms with Gasteiger partial charge in [0.25, 0.3) is 0 Å². The van der Waals surface area contributed by atoms with Crippen LogP contribution in [-0.4, -0.2) is 27.1 Å². The molecule has 2 heterocycles. The van der Waals surface area contributed by atoms with E-state index < -0.39 is 0 Å². The Hall–Kier alpha value is -1.81. The molecule has 1 aromatic carbocycles. The van der Waals surface area contributed by atoms with Gasteiger partial charge in [-0.15, -0.1) is 0 Å². The summed E-state index contributed by atoms with van der Waals surface area (Å²) in [6, 6.07) is 8.59. The maximum Gasteiger partial charge on any atom is 0.244 e. The summed E-state index contributed by atoms with van der Waals surface area (Å²) in [5.74, 6) is 0.0961. The Morgan fingerprint density at radius 3 is 3.05 bits per heavy atom. The molecule has 4 nitrogen and oxygen atoms in total. The summed E-state index contributed by atoms with van der Waals surface area (Å²) in [4.78, 5) is 14.5. The van der Waals surface area contributed by atoms with Gasteiger partial charge < -0.3 is 4.90 Å². The van der Waals surface area contributed by atoms with Gasteiger partial charge in [0.05, 0.1) is 17.3 Å². The number of halogens is 1. The first kappa shape index (κ1) is 14.1. The van der Waals surface area contributed by atoms with E-state index in [0.717, 1.165) is 19.4 Å². The standard InChI is InChI=1S/C16H18ClN3O/c1-12-4-2-5-13(8-12)15-6-3-7-20(15)16(21)11-19-10-14(17)9-18-19/h2,4-5,8-10,15H,3,6-7,11H2,1H3/t15-/m0/s1. The van der Waals surface area contributed by atoms with Crippen LogP contribution in [0.2, 0.25) is 5.02 Å². The van der Waals surface area contributed by atoms with Crippen molar-refractivity contribution in [1.29, 1.82) is 0 Å². The normalized spacial score (nSPS) is 18.2. The number of aromatic nitrogens is 2. The molecule has 5 heteroatoms. The summed E-state index contributed by atoms with van der Waals surface area (Å²) in [5, 5.41) is 4.63. The molecule has 1 saturated heterocycles. The third kappa shape index (κ3) is 3.10. The molecule has 1 atom stereocenters. The van der Waals surface area contributed by atoms with E-state index in [-0.39, 0.29) is 18.5 Å². The van der Waals surface area contributed by atoms with Crippen molar-refractivity contribution in [3.8, 4) is 0 Å². The lowest BCUT2D eigenvalue weighted by Crippen LogP contribution is -2.33. The van der Waals surface area contributed by atoms with E-state index in [2.05, 4.69) is 36.3 Å². The van der Waals surface area contributed by atoms with Crippen LogP contribution in [0.5, 0.6) is 0 Å². The Morgan fingerprint density at radius 1 is 1.48 bits per heavy atom. The zero-order chi connectivity index (χ0) is 14.8. The Kier molecular flexibility index (Phi) is 3.97. The van der Waals surface area contributed by atoms with Crippen LogP contribution in [0, 0.1) is 6.92 Å². The molecule has 0 unspecified atom stereocenters. The molecule has 0 radical (unpaired) electrons. The second kappa shape index (κ2) is 5.90. The number of hydrogen-bond donors (Lipinski definition) is 0. The fourth-order valence-corrected chi connectivity index (χ4v) is 3.10. The molecule has 0 bridgehead atoms. The zero-order valence-corrected chi connectivity index (χ0v) is 12.8. The highest BCUT2D eigenvalue weighted by atomic mass is 35.5. The van der Waals surface area contributed by atoms with E-state index in [1.54, 1.807) is 17.1 Å². The van der Waals surface area contributed by atoms with E-state index in [0.29, 0.717) is 5.02 Å². The van der Waals surface area contributed by atoms with Gasteiger partial charge in [0.2, 0.25) is 5.91 Å². The fourth-order valence-electron chi connectivity index (χ4n) is 2.94. The molecule has 0 spiro atoms. The maximum absolute atomic E-state index is 12.5. The summed E-state index contributed by atoms with van der Waals surface area (Å²) >= 11 is 5.84. The largest absolute Gasteiger partial charge is 0.334 e. The maximum atomic E-state index is 12.5. The minimum absolute atomic E-state index is 0.0961. The lowest BCUT2D eigenvalue weighted by Gasteiger charge is -2.25. The van der Waals surface area contributed by atoms with Crippen LogP contribution in [0.3, 0.4) is 0 Å². The number of amides is 1. The SMILES string of the molecule is Cc1cccc([C@@H]2CCCN2C(=O)Cn2cc(Cl)cn2)c1. The predicted molar refractivity (Wildman–Crippen MR) is 82.1 cm³/mol. The fraction of sp³-hybridized carbons (Fsp3) is 0.375. The first-order chi connectivity index (χ1) is 10.1. The van der Waals surface area contributed by atoms with Gasteiger partial charge in [0, 0.05) is 12.7 Å². The number of benzene rings is 1. The van der Waals surface area contributed by atoms with E-state index in [1.807, 2.05) is 4.90 Å².